The number of hydrogen-bond acceptors (Lipinski definition) is 7. The SMILES string of the molecule is CCCOc1ccc(C2C(C(=O)OC)=C(C)Nc3ncnn32)cc1OCC. The molecule has 1 unspecified atom stereocenters. The fourth-order valence-electron chi connectivity index (χ4n) is 3.07. The average molecular weight is 372 g/mol. The molecule has 0 radical (unpaired) electrons. The summed E-state index contributed by atoms with van der Waals surface area (Å²) >= 11 is 0. The second-order valence-electron chi connectivity index (χ2n) is 6.07. The summed E-state index contributed by atoms with van der Waals surface area (Å²) in [6.45, 7) is 6.89. The number of hydrogen-bond donors (Lipinski definition) is 1. The molecule has 0 aliphatic carbocycles. The van der Waals surface area contributed by atoms with E-state index in [1.807, 2.05) is 39.0 Å². The third-order valence-electron chi connectivity index (χ3n) is 4.24. The molecule has 0 saturated carbocycles. The molecule has 1 aliphatic rings. The number of nitrogens with zero attached hydrogens (tertiary/aromatic N) is 3. The zero-order chi connectivity index (χ0) is 19.4. The van der Waals surface area contributed by atoms with Crippen LogP contribution in [0.15, 0.2) is 35.8 Å². The van der Waals surface area contributed by atoms with Gasteiger partial charge in [0.05, 0.1) is 25.9 Å². The van der Waals surface area contributed by atoms with E-state index in [-0.39, 0.29) is 0 Å². The quantitative estimate of drug-likeness (QED) is 0.748. The molecular weight excluding hydrogens is 348 g/mol. The Hall–Kier alpha value is -3.03. The zero-order valence-electron chi connectivity index (χ0n) is 16.0. The lowest BCUT2D eigenvalue weighted by molar-refractivity contribution is -0.136. The lowest BCUT2D eigenvalue weighted by Crippen LogP contribution is -2.29. The van der Waals surface area contributed by atoms with E-state index in [0.29, 0.717) is 41.9 Å². The summed E-state index contributed by atoms with van der Waals surface area (Å²) in [6.07, 6.45) is 2.35. The lowest BCUT2D eigenvalue weighted by Gasteiger charge is -2.28. The van der Waals surface area contributed by atoms with Gasteiger partial charge in [-0.05, 0) is 38.0 Å². The molecule has 0 spiro atoms. The second kappa shape index (κ2) is 8.11. The average Bonchev–Trinajstić information content (AvgIpc) is 3.13. The summed E-state index contributed by atoms with van der Waals surface area (Å²) in [4.78, 5) is 16.7. The molecule has 0 saturated heterocycles. The van der Waals surface area contributed by atoms with Crippen LogP contribution in [0.5, 0.6) is 11.5 Å². The molecule has 2 aromatic rings. The molecule has 8 nitrogen and oxygen atoms in total. The van der Waals surface area contributed by atoms with Gasteiger partial charge in [0.15, 0.2) is 11.5 Å². The number of allylic oxidation sites excluding steroid dienone is 1. The van der Waals surface area contributed by atoms with Crippen molar-refractivity contribution in [1.82, 2.24) is 14.8 Å². The minimum Gasteiger partial charge on any atom is -0.490 e. The summed E-state index contributed by atoms with van der Waals surface area (Å²) in [7, 11) is 1.36. The van der Waals surface area contributed by atoms with Gasteiger partial charge < -0.3 is 19.5 Å². The Labute approximate surface area is 158 Å². The van der Waals surface area contributed by atoms with Crippen LogP contribution in [0.2, 0.25) is 0 Å². The van der Waals surface area contributed by atoms with Gasteiger partial charge in [-0.2, -0.15) is 10.1 Å². The van der Waals surface area contributed by atoms with Crippen molar-refractivity contribution in [3.8, 4) is 11.5 Å². The zero-order valence-corrected chi connectivity index (χ0v) is 16.0. The predicted molar refractivity (Wildman–Crippen MR) is 99.9 cm³/mol. The molecule has 1 aromatic carbocycles. The first-order chi connectivity index (χ1) is 13.1. The van der Waals surface area contributed by atoms with E-state index < -0.39 is 12.0 Å². The number of methoxy groups -OCH3 is 1. The topological polar surface area (TPSA) is 87.5 Å². The highest BCUT2D eigenvalue weighted by molar-refractivity contribution is 5.92. The van der Waals surface area contributed by atoms with Crippen molar-refractivity contribution in [2.24, 2.45) is 0 Å². The van der Waals surface area contributed by atoms with Gasteiger partial charge in [-0.15, -0.1) is 0 Å². The molecule has 1 atom stereocenters. The predicted octanol–water partition coefficient (Wildman–Crippen LogP) is 2.93. The van der Waals surface area contributed by atoms with Crippen LogP contribution in [-0.4, -0.2) is 41.1 Å². The molecule has 1 aliphatic heterocycles. The van der Waals surface area contributed by atoms with Crippen molar-refractivity contribution in [3.63, 3.8) is 0 Å². The Kier molecular flexibility index (Phi) is 5.63. The molecule has 3 rings (SSSR count). The molecule has 0 fully saturated rings. The molecule has 0 amide bonds. The smallest absolute Gasteiger partial charge is 0.338 e. The van der Waals surface area contributed by atoms with E-state index in [9.17, 15) is 4.79 Å². The highest BCUT2D eigenvalue weighted by Gasteiger charge is 2.34. The van der Waals surface area contributed by atoms with Gasteiger partial charge >= 0.3 is 5.97 Å². The Balaban J connectivity index is 2.09. The highest BCUT2D eigenvalue weighted by atomic mass is 16.5. The first kappa shape index (κ1) is 18.8. The molecule has 1 N–H and O–H groups in total. The number of carbonyl (C=O) groups is 1. The monoisotopic (exact) mass is 372 g/mol. The van der Waals surface area contributed by atoms with Crippen molar-refractivity contribution >= 4 is 11.9 Å². The van der Waals surface area contributed by atoms with Crippen molar-refractivity contribution in [2.45, 2.75) is 33.2 Å². The third kappa shape index (κ3) is 3.60. The molecule has 8 heteroatoms. The van der Waals surface area contributed by atoms with Crippen molar-refractivity contribution < 1.29 is 19.0 Å². The van der Waals surface area contributed by atoms with E-state index in [1.165, 1.54) is 13.4 Å². The number of rotatable bonds is 7. The lowest BCUT2D eigenvalue weighted by atomic mass is 9.95. The van der Waals surface area contributed by atoms with Gasteiger partial charge in [0.25, 0.3) is 0 Å². The second-order valence-corrected chi connectivity index (χ2v) is 6.07. The van der Waals surface area contributed by atoms with E-state index in [4.69, 9.17) is 14.2 Å². The van der Waals surface area contributed by atoms with Gasteiger partial charge in [-0.3, -0.25) is 0 Å². The first-order valence-electron chi connectivity index (χ1n) is 8.95. The van der Waals surface area contributed by atoms with E-state index in [1.54, 1.807) is 4.68 Å². The van der Waals surface area contributed by atoms with E-state index >= 15 is 0 Å². The Bertz CT molecular complexity index is 859. The molecule has 0 bridgehead atoms. The van der Waals surface area contributed by atoms with Crippen LogP contribution in [0, 0.1) is 0 Å². The van der Waals surface area contributed by atoms with E-state index in [0.717, 1.165) is 12.0 Å². The summed E-state index contributed by atoms with van der Waals surface area (Å²) < 4.78 is 18.2. The van der Waals surface area contributed by atoms with Crippen LogP contribution < -0.4 is 14.8 Å². The molecular formula is C19H24N4O4. The van der Waals surface area contributed by atoms with Gasteiger partial charge in [0.1, 0.15) is 12.4 Å². The number of carbonyl (C=O) groups excluding carboxylic acids is 1. The molecule has 1 aromatic heterocycles. The normalized spacial score (nSPS) is 15.8. The fraction of sp³-hybridized carbons (Fsp3) is 0.421. The number of esters is 1. The minimum atomic E-state index is -0.476. The van der Waals surface area contributed by atoms with Crippen molar-refractivity contribution in [3.05, 3.63) is 41.4 Å². The van der Waals surface area contributed by atoms with Crippen molar-refractivity contribution in [1.29, 1.82) is 0 Å². The van der Waals surface area contributed by atoms with Gasteiger partial charge in [-0.1, -0.05) is 13.0 Å². The highest BCUT2D eigenvalue weighted by Crippen LogP contribution is 2.38. The van der Waals surface area contributed by atoms with Gasteiger partial charge in [0.2, 0.25) is 5.95 Å². The molecule has 144 valence electrons. The Morgan fingerprint density at radius 1 is 1.26 bits per heavy atom. The third-order valence-corrected chi connectivity index (χ3v) is 4.24. The molecule has 2 heterocycles. The summed E-state index contributed by atoms with van der Waals surface area (Å²) in [5, 5.41) is 7.39. The number of fused-ring (bicyclic) bond motifs is 1. The maximum atomic E-state index is 12.5. The van der Waals surface area contributed by atoms with Crippen LogP contribution in [0.25, 0.3) is 0 Å². The van der Waals surface area contributed by atoms with Crippen LogP contribution >= 0.6 is 0 Å². The largest absolute Gasteiger partial charge is 0.490 e. The van der Waals surface area contributed by atoms with Crippen LogP contribution in [0.4, 0.5) is 5.95 Å². The first-order valence-corrected chi connectivity index (χ1v) is 8.95. The Morgan fingerprint density at radius 2 is 2.07 bits per heavy atom. The maximum Gasteiger partial charge on any atom is 0.338 e. The number of anilines is 1. The van der Waals surface area contributed by atoms with Crippen LogP contribution in [-0.2, 0) is 9.53 Å². The fourth-order valence-corrected chi connectivity index (χ4v) is 3.07. The molecule has 27 heavy (non-hydrogen) atoms. The van der Waals surface area contributed by atoms with Crippen LogP contribution in [0.3, 0.4) is 0 Å². The number of aromatic nitrogens is 3. The van der Waals surface area contributed by atoms with E-state index in [2.05, 4.69) is 15.4 Å². The number of ether oxygens (including phenoxy) is 3. The number of benzene rings is 1. The van der Waals surface area contributed by atoms with Crippen molar-refractivity contribution in [2.75, 3.05) is 25.6 Å². The minimum absolute atomic E-state index is 0.421. The number of nitrogens with one attached hydrogen (secondary N) is 1. The maximum absolute atomic E-state index is 12.5. The standard InChI is InChI=1S/C19H24N4O4/c1-5-9-27-14-8-7-13(10-15(14)26-6-2)17-16(18(24)25-4)12(3)22-19-20-11-21-23(17)19/h7-8,10-11,17H,5-6,9H2,1-4H3,(H,20,21,22). The Morgan fingerprint density at radius 3 is 2.78 bits per heavy atom. The van der Waals surface area contributed by atoms with Gasteiger partial charge in [0, 0.05) is 5.70 Å². The van der Waals surface area contributed by atoms with Crippen LogP contribution in [0.1, 0.15) is 38.8 Å². The van der Waals surface area contributed by atoms with Gasteiger partial charge in [-0.25, -0.2) is 9.48 Å². The summed E-state index contributed by atoms with van der Waals surface area (Å²) in [5.41, 5.74) is 1.98. The summed E-state index contributed by atoms with van der Waals surface area (Å²) in [6, 6.07) is 5.17. The summed E-state index contributed by atoms with van der Waals surface area (Å²) in [5.74, 6) is 1.45.